The van der Waals surface area contributed by atoms with Gasteiger partial charge in [-0.15, -0.1) is 0 Å². The van der Waals surface area contributed by atoms with E-state index in [4.69, 9.17) is 4.74 Å². The first-order chi connectivity index (χ1) is 8.69. The van der Waals surface area contributed by atoms with E-state index in [1.54, 1.807) is 12.1 Å². The summed E-state index contributed by atoms with van der Waals surface area (Å²) >= 11 is 3.74. The molecule has 0 spiro atoms. The second-order valence-electron chi connectivity index (χ2n) is 5.16. The smallest absolute Gasteiger partial charge is 0.165 e. The fraction of sp³-hybridized carbons (Fsp3) is 0.600. The lowest BCUT2D eigenvalue weighted by atomic mass is 9.92. The molecule has 0 bridgehead atoms. The van der Waals surface area contributed by atoms with Crippen LogP contribution in [0.2, 0.25) is 0 Å². The maximum absolute atomic E-state index is 13.6. The van der Waals surface area contributed by atoms with Crippen molar-refractivity contribution < 1.29 is 9.13 Å². The molecule has 0 N–H and O–H groups in total. The summed E-state index contributed by atoms with van der Waals surface area (Å²) in [5, 5.41) is 0. The van der Waals surface area contributed by atoms with Gasteiger partial charge in [-0.25, -0.2) is 4.39 Å². The monoisotopic (exact) mass is 314 g/mol. The Labute approximate surface area is 117 Å². The molecule has 1 nitrogen and oxygen atoms in total. The molecule has 1 aliphatic rings. The van der Waals surface area contributed by atoms with Crippen LogP contribution < -0.4 is 4.74 Å². The fourth-order valence-electron chi connectivity index (χ4n) is 2.75. The highest BCUT2D eigenvalue weighted by Gasteiger charge is 2.19. The number of methoxy groups -OCH3 is 1. The molecule has 1 saturated carbocycles. The fourth-order valence-corrected chi connectivity index (χ4v) is 3.60. The molecule has 100 valence electrons. The van der Waals surface area contributed by atoms with Crippen LogP contribution in [0.5, 0.6) is 5.75 Å². The van der Waals surface area contributed by atoms with E-state index in [0.29, 0.717) is 16.5 Å². The molecule has 0 radical (unpaired) electrons. The van der Waals surface area contributed by atoms with Crippen LogP contribution in [0.25, 0.3) is 0 Å². The number of benzene rings is 1. The quantitative estimate of drug-likeness (QED) is 0.579. The van der Waals surface area contributed by atoms with Crippen molar-refractivity contribution in [3.8, 4) is 5.75 Å². The van der Waals surface area contributed by atoms with Gasteiger partial charge in [-0.3, -0.25) is 0 Å². The third-order valence-corrected chi connectivity index (χ3v) is 4.54. The van der Waals surface area contributed by atoms with Crippen molar-refractivity contribution in [2.45, 2.75) is 43.4 Å². The Kier molecular flexibility index (Phi) is 5.04. The number of halogens is 2. The van der Waals surface area contributed by atoms with Gasteiger partial charge in [-0.05, 0) is 42.9 Å². The van der Waals surface area contributed by atoms with Gasteiger partial charge in [0.25, 0.3) is 0 Å². The largest absolute Gasteiger partial charge is 0.494 e. The van der Waals surface area contributed by atoms with Gasteiger partial charge in [-0.2, -0.15) is 0 Å². The van der Waals surface area contributed by atoms with Gasteiger partial charge >= 0.3 is 0 Å². The molecule has 1 aromatic rings. The summed E-state index contributed by atoms with van der Waals surface area (Å²) in [5.41, 5.74) is 1.08. The third kappa shape index (κ3) is 3.71. The van der Waals surface area contributed by atoms with E-state index in [9.17, 15) is 4.39 Å². The molecule has 1 aromatic carbocycles. The van der Waals surface area contributed by atoms with Crippen LogP contribution >= 0.6 is 15.9 Å². The highest BCUT2D eigenvalue weighted by Crippen LogP contribution is 2.30. The molecule has 0 aromatic heterocycles. The number of rotatable bonds is 3. The molecule has 3 heteroatoms. The van der Waals surface area contributed by atoms with Crippen molar-refractivity contribution >= 4 is 15.9 Å². The Balaban J connectivity index is 2.01. The predicted octanol–water partition coefficient (Wildman–Crippen LogP) is 4.72. The molecule has 1 aliphatic carbocycles. The Morgan fingerprint density at radius 2 is 2.11 bits per heavy atom. The van der Waals surface area contributed by atoms with Gasteiger partial charge in [0.05, 0.1) is 7.11 Å². The van der Waals surface area contributed by atoms with E-state index in [1.807, 2.05) is 6.07 Å². The van der Waals surface area contributed by atoms with Crippen molar-refractivity contribution in [1.82, 2.24) is 0 Å². The molecule has 0 heterocycles. The van der Waals surface area contributed by atoms with Gasteiger partial charge in [0.1, 0.15) is 0 Å². The number of alkyl halides is 1. The molecular formula is C15H20BrFO. The Morgan fingerprint density at radius 1 is 1.33 bits per heavy atom. The molecule has 0 amide bonds. The molecule has 0 aliphatic heterocycles. The molecule has 2 atom stereocenters. The molecule has 0 saturated heterocycles. The zero-order chi connectivity index (χ0) is 13.0. The second-order valence-corrected chi connectivity index (χ2v) is 6.45. The van der Waals surface area contributed by atoms with Crippen LogP contribution in [0.15, 0.2) is 18.2 Å². The molecule has 18 heavy (non-hydrogen) atoms. The zero-order valence-electron chi connectivity index (χ0n) is 10.8. The van der Waals surface area contributed by atoms with Crippen molar-refractivity contribution in [2.24, 2.45) is 5.92 Å². The molecule has 1 fully saturated rings. The van der Waals surface area contributed by atoms with Gasteiger partial charge in [0, 0.05) is 4.83 Å². The molecule has 2 rings (SSSR count). The Morgan fingerprint density at radius 3 is 2.83 bits per heavy atom. The topological polar surface area (TPSA) is 9.23 Å². The van der Waals surface area contributed by atoms with E-state index in [0.717, 1.165) is 12.0 Å². The third-order valence-electron chi connectivity index (χ3n) is 3.71. The van der Waals surface area contributed by atoms with Crippen molar-refractivity contribution in [1.29, 1.82) is 0 Å². The van der Waals surface area contributed by atoms with E-state index < -0.39 is 0 Å². The average molecular weight is 315 g/mol. The summed E-state index contributed by atoms with van der Waals surface area (Å²) in [4.78, 5) is 0.632. The highest BCUT2D eigenvalue weighted by molar-refractivity contribution is 9.09. The first-order valence-electron chi connectivity index (χ1n) is 6.65. The van der Waals surface area contributed by atoms with Crippen LogP contribution in [0.4, 0.5) is 4.39 Å². The SMILES string of the molecule is COc1ccc(CC2CCCCC(Br)C2)cc1F. The Hall–Kier alpha value is -0.570. The minimum Gasteiger partial charge on any atom is -0.494 e. The summed E-state index contributed by atoms with van der Waals surface area (Å²) in [7, 11) is 1.50. The molecule has 2 unspecified atom stereocenters. The average Bonchev–Trinajstić information content (AvgIpc) is 2.54. The van der Waals surface area contributed by atoms with Crippen molar-refractivity contribution in [3.63, 3.8) is 0 Å². The lowest BCUT2D eigenvalue weighted by molar-refractivity contribution is 0.385. The summed E-state index contributed by atoms with van der Waals surface area (Å²) in [6.45, 7) is 0. The van der Waals surface area contributed by atoms with Crippen LogP contribution in [0.1, 0.15) is 37.7 Å². The second kappa shape index (κ2) is 6.55. The minimum atomic E-state index is -0.251. The summed E-state index contributed by atoms with van der Waals surface area (Å²) < 4.78 is 18.6. The Bertz CT molecular complexity index is 394. The number of hydrogen-bond donors (Lipinski definition) is 0. The first-order valence-corrected chi connectivity index (χ1v) is 7.57. The van der Waals surface area contributed by atoms with Crippen molar-refractivity contribution in [2.75, 3.05) is 7.11 Å². The lowest BCUT2D eigenvalue weighted by Gasteiger charge is -2.16. The normalized spacial score (nSPS) is 24.6. The van der Waals surface area contributed by atoms with Crippen molar-refractivity contribution in [3.05, 3.63) is 29.6 Å². The van der Waals surface area contributed by atoms with E-state index in [1.165, 1.54) is 39.2 Å². The standard InChI is InChI=1S/C15H20BrFO/c1-18-15-7-6-12(10-14(15)17)8-11-4-2-3-5-13(16)9-11/h6-7,10-11,13H,2-5,8-9H2,1H3. The summed E-state index contributed by atoms with van der Waals surface area (Å²) in [6, 6.07) is 5.33. The van der Waals surface area contributed by atoms with Gasteiger partial charge in [-0.1, -0.05) is 41.3 Å². The van der Waals surface area contributed by atoms with Crippen LogP contribution in [0.3, 0.4) is 0 Å². The maximum atomic E-state index is 13.6. The van der Waals surface area contributed by atoms with Crippen LogP contribution in [0, 0.1) is 11.7 Å². The van der Waals surface area contributed by atoms with E-state index in [2.05, 4.69) is 15.9 Å². The van der Waals surface area contributed by atoms with Crippen LogP contribution in [-0.4, -0.2) is 11.9 Å². The highest BCUT2D eigenvalue weighted by atomic mass is 79.9. The summed E-state index contributed by atoms with van der Waals surface area (Å²) in [6.07, 6.45) is 7.31. The van der Waals surface area contributed by atoms with Gasteiger partial charge in [0.15, 0.2) is 11.6 Å². The van der Waals surface area contributed by atoms with Crippen LogP contribution in [-0.2, 0) is 6.42 Å². The van der Waals surface area contributed by atoms with Gasteiger partial charge in [0.2, 0.25) is 0 Å². The van der Waals surface area contributed by atoms with E-state index in [-0.39, 0.29) is 5.82 Å². The molecular weight excluding hydrogens is 295 g/mol. The lowest BCUT2D eigenvalue weighted by Crippen LogP contribution is -2.08. The van der Waals surface area contributed by atoms with E-state index >= 15 is 0 Å². The van der Waals surface area contributed by atoms with Gasteiger partial charge < -0.3 is 4.74 Å². The minimum absolute atomic E-state index is 0.251. The maximum Gasteiger partial charge on any atom is 0.165 e. The predicted molar refractivity (Wildman–Crippen MR) is 75.9 cm³/mol. The number of hydrogen-bond acceptors (Lipinski definition) is 1. The zero-order valence-corrected chi connectivity index (χ0v) is 12.4. The number of ether oxygens (including phenoxy) is 1. The summed E-state index contributed by atoms with van der Waals surface area (Å²) in [5.74, 6) is 0.752. The first kappa shape index (κ1) is 13.9.